The van der Waals surface area contributed by atoms with Gasteiger partial charge in [-0.05, 0) is 26.8 Å². The Balaban J connectivity index is 2.19. The number of aryl methyl sites for hydroxylation is 2. The van der Waals surface area contributed by atoms with Crippen molar-refractivity contribution in [1.82, 2.24) is 14.8 Å². The Morgan fingerprint density at radius 3 is 2.80 bits per heavy atom. The minimum atomic E-state index is -0.191. The van der Waals surface area contributed by atoms with Gasteiger partial charge in [0.2, 0.25) is 0 Å². The second-order valence-electron chi connectivity index (χ2n) is 4.44. The highest BCUT2D eigenvalue weighted by atomic mass is 16.1. The number of rotatable bonds is 5. The van der Waals surface area contributed by atoms with Crippen molar-refractivity contribution in [3.63, 3.8) is 0 Å². The monoisotopic (exact) mass is 273 g/mol. The number of hydrogen-bond acceptors (Lipinski definition) is 4. The molecule has 2 aromatic rings. The topological polar surface area (TPSA) is 71.8 Å². The van der Waals surface area contributed by atoms with Gasteiger partial charge in [-0.2, -0.15) is 5.10 Å². The predicted molar refractivity (Wildman–Crippen MR) is 79.0 cm³/mol. The van der Waals surface area contributed by atoms with Crippen LogP contribution in [0, 0.1) is 6.92 Å². The van der Waals surface area contributed by atoms with Crippen molar-refractivity contribution in [2.24, 2.45) is 0 Å². The molecule has 6 nitrogen and oxygen atoms in total. The molecular weight excluding hydrogens is 254 g/mol. The van der Waals surface area contributed by atoms with E-state index in [9.17, 15) is 4.79 Å². The third kappa shape index (κ3) is 3.14. The molecule has 0 saturated heterocycles. The number of hydrogen-bond donors (Lipinski definition) is 2. The van der Waals surface area contributed by atoms with Gasteiger partial charge in [-0.25, -0.2) is 0 Å². The van der Waals surface area contributed by atoms with Crippen LogP contribution in [0.25, 0.3) is 0 Å². The van der Waals surface area contributed by atoms with Crippen molar-refractivity contribution in [2.75, 3.05) is 17.2 Å². The molecule has 0 aromatic carbocycles. The standard InChI is InChI=1S/C14H19N5O/c1-4-15-13-6-10(3)16-8-12(13)14(20)18-11-7-17-19(5-2)9-11/h6-9H,4-5H2,1-3H3,(H,15,16)(H,18,20). The molecule has 2 aromatic heterocycles. The fourth-order valence-electron chi connectivity index (χ4n) is 1.88. The van der Waals surface area contributed by atoms with Crippen LogP contribution in [0.4, 0.5) is 11.4 Å². The molecule has 0 spiro atoms. The zero-order chi connectivity index (χ0) is 14.5. The highest BCUT2D eigenvalue weighted by Gasteiger charge is 2.13. The van der Waals surface area contributed by atoms with Crippen LogP contribution >= 0.6 is 0 Å². The molecule has 0 saturated carbocycles. The van der Waals surface area contributed by atoms with Crippen molar-refractivity contribution >= 4 is 17.3 Å². The Hall–Kier alpha value is -2.37. The van der Waals surface area contributed by atoms with E-state index in [0.717, 1.165) is 24.5 Å². The Labute approximate surface area is 118 Å². The number of carbonyl (C=O) groups excluding carboxylic acids is 1. The van der Waals surface area contributed by atoms with Crippen LogP contribution in [-0.4, -0.2) is 27.2 Å². The van der Waals surface area contributed by atoms with Gasteiger partial charge in [0.05, 0.1) is 23.1 Å². The molecule has 1 amide bonds. The van der Waals surface area contributed by atoms with Gasteiger partial charge in [0.15, 0.2) is 0 Å². The molecule has 2 heterocycles. The Morgan fingerprint density at radius 2 is 2.15 bits per heavy atom. The summed E-state index contributed by atoms with van der Waals surface area (Å²) < 4.78 is 1.76. The van der Waals surface area contributed by atoms with Crippen molar-refractivity contribution in [3.05, 3.63) is 35.9 Å². The summed E-state index contributed by atoms with van der Waals surface area (Å²) in [5, 5.41) is 10.1. The van der Waals surface area contributed by atoms with Gasteiger partial charge in [0, 0.05) is 31.2 Å². The van der Waals surface area contributed by atoms with Crippen molar-refractivity contribution < 1.29 is 4.79 Å². The van der Waals surface area contributed by atoms with Crippen molar-refractivity contribution in [2.45, 2.75) is 27.3 Å². The summed E-state index contributed by atoms with van der Waals surface area (Å²) in [5.41, 5.74) is 2.87. The van der Waals surface area contributed by atoms with E-state index in [0.29, 0.717) is 11.3 Å². The molecule has 106 valence electrons. The van der Waals surface area contributed by atoms with Crippen LogP contribution in [0.1, 0.15) is 29.9 Å². The second kappa shape index (κ2) is 6.18. The third-order valence-corrected chi connectivity index (χ3v) is 2.87. The molecule has 2 rings (SSSR count). The molecule has 2 N–H and O–H groups in total. The number of nitrogens with one attached hydrogen (secondary N) is 2. The fourth-order valence-corrected chi connectivity index (χ4v) is 1.88. The van der Waals surface area contributed by atoms with E-state index in [1.165, 1.54) is 0 Å². The summed E-state index contributed by atoms with van der Waals surface area (Å²) >= 11 is 0. The van der Waals surface area contributed by atoms with Gasteiger partial charge in [-0.15, -0.1) is 0 Å². The first-order valence-corrected chi connectivity index (χ1v) is 6.68. The minimum absolute atomic E-state index is 0.191. The number of nitrogens with zero attached hydrogens (tertiary/aromatic N) is 3. The highest BCUT2D eigenvalue weighted by molar-refractivity contribution is 6.07. The molecule has 0 atom stereocenters. The van der Waals surface area contributed by atoms with Gasteiger partial charge in [0.1, 0.15) is 0 Å². The van der Waals surface area contributed by atoms with Crippen LogP contribution in [-0.2, 0) is 6.54 Å². The smallest absolute Gasteiger partial charge is 0.259 e. The summed E-state index contributed by atoms with van der Waals surface area (Å²) in [7, 11) is 0. The van der Waals surface area contributed by atoms with E-state index >= 15 is 0 Å². The first-order chi connectivity index (χ1) is 9.63. The fraction of sp³-hybridized carbons (Fsp3) is 0.357. The number of anilines is 2. The number of amides is 1. The second-order valence-corrected chi connectivity index (χ2v) is 4.44. The lowest BCUT2D eigenvalue weighted by molar-refractivity contribution is 0.102. The maximum absolute atomic E-state index is 12.3. The maximum atomic E-state index is 12.3. The van der Waals surface area contributed by atoms with E-state index in [-0.39, 0.29) is 5.91 Å². The summed E-state index contributed by atoms with van der Waals surface area (Å²) in [4.78, 5) is 16.5. The van der Waals surface area contributed by atoms with Gasteiger partial charge < -0.3 is 10.6 Å². The van der Waals surface area contributed by atoms with Crippen LogP contribution in [0.3, 0.4) is 0 Å². The van der Waals surface area contributed by atoms with E-state index in [4.69, 9.17) is 0 Å². The van der Waals surface area contributed by atoms with Crippen LogP contribution in [0.15, 0.2) is 24.7 Å². The molecule has 0 aliphatic rings. The molecule has 20 heavy (non-hydrogen) atoms. The van der Waals surface area contributed by atoms with E-state index in [1.807, 2.05) is 26.8 Å². The SMILES string of the molecule is CCNc1cc(C)ncc1C(=O)Nc1cnn(CC)c1. The maximum Gasteiger partial charge on any atom is 0.259 e. The van der Waals surface area contributed by atoms with E-state index < -0.39 is 0 Å². The molecule has 0 aliphatic heterocycles. The normalized spacial score (nSPS) is 10.3. The Kier molecular flexibility index (Phi) is 4.34. The number of pyridine rings is 1. The van der Waals surface area contributed by atoms with Gasteiger partial charge in [0.25, 0.3) is 5.91 Å². The lowest BCUT2D eigenvalue weighted by atomic mass is 10.2. The van der Waals surface area contributed by atoms with Crippen LogP contribution in [0.5, 0.6) is 0 Å². The van der Waals surface area contributed by atoms with Crippen LogP contribution in [0.2, 0.25) is 0 Å². The zero-order valence-electron chi connectivity index (χ0n) is 12.0. The first kappa shape index (κ1) is 14.0. The number of aromatic nitrogens is 3. The third-order valence-electron chi connectivity index (χ3n) is 2.87. The van der Waals surface area contributed by atoms with Crippen LogP contribution < -0.4 is 10.6 Å². The number of carbonyl (C=O) groups is 1. The average molecular weight is 273 g/mol. The summed E-state index contributed by atoms with van der Waals surface area (Å²) in [6.45, 7) is 7.39. The molecule has 6 heteroatoms. The van der Waals surface area contributed by atoms with Crippen molar-refractivity contribution in [1.29, 1.82) is 0 Å². The molecule has 0 unspecified atom stereocenters. The van der Waals surface area contributed by atoms with Gasteiger partial charge in [-0.3, -0.25) is 14.5 Å². The quantitative estimate of drug-likeness (QED) is 0.876. The summed E-state index contributed by atoms with van der Waals surface area (Å²) in [5.74, 6) is -0.191. The largest absolute Gasteiger partial charge is 0.385 e. The molecular formula is C14H19N5O. The molecule has 0 aliphatic carbocycles. The lowest BCUT2D eigenvalue weighted by Crippen LogP contribution is -2.15. The molecule has 0 bridgehead atoms. The van der Waals surface area contributed by atoms with Crippen molar-refractivity contribution in [3.8, 4) is 0 Å². The zero-order valence-corrected chi connectivity index (χ0v) is 12.0. The summed E-state index contributed by atoms with van der Waals surface area (Å²) in [6, 6.07) is 1.87. The van der Waals surface area contributed by atoms with Gasteiger partial charge in [-0.1, -0.05) is 0 Å². The Morgan fingerprint density at radius 1 is 1.35 bits per heavy atom. The molecule has 0 radical (unpaired) electrons. The summed E-state index contributed by atoms with van der Waals surface area (Å²) in [6.07, 6.45) is 5.02. The van der Waals surface area contributed by atoms with E-state index in [2.05, 4.69) is 20.7 Å². The average Bonchev–Trinajstić information content (AvgIpc) is 2.87. The lowest BCUT2D eigenvalue weighted by Gasteiger charge is -2.10. The minimum Gasteiger partial charge on any atom is -0.385 e. The highest BCUT2D eigenvalue weighted by Crippen LogP contribution is 2.17. The first-order valence-electron chi connectivity index (χ1n) is 6.68. The predicted octanol–water partition coefficient (Wildman–Crippen LogP) is 2.29. The molecule has 0 fully saturated rings. The van der Waals surface area contributed by atoms with Gasteiger partial charge >= 0.3 is 0 Å². The van der Waals surface area contributed by atoms with E-state index in [1.54, 1.807) is 23.3 Å². The Bertz CT molecular complexity index is 605.